The third-order valence-electron chi connectivity index (χ3n) is 1.16. The van der Waals surface area contributed by atoms with Gasteiger partial charge in [0.15, 0.2) is 5.79 Å². The molecule has 1 aliphatic rings. The molecule has 0 unspecified atom stereocenters. The zero-order valence-corrected chi connectivity index (χ0v) is 7.37. The normalized spacial score (nSPS) is 19.2. The van der Waals surface area contributed by atoms with E-state index in [1.54, 1.807) is 0 Å². The van der Waals surface area contributed by atoms with Crippen LogP contribution in [0.3, 0.4) is 0 Å². The molecule has 0 radical (unpaired) electrons. The van der Waals surface area contributed by atoms with Crippen LogP contribution in [0.15, 0.2) is 12.7 Å². The highest BCUT2D eigenvalue weighted by molar-refractivity contribution is 5.78. The van der Waals surface area contributed by atoms with E-state index >= 15 is 0 Å². The summed E-state index contributed by atoms with van der Waals surface area (Å²) in [5.74, 6) is -1.29. The van der Waals surface area contributed by atoms with Crippen LogP contribution >= 0.6 is 0 Å². The molecule has 1 aliphatic heterocycles. The Morgan fingerprint density at radius 2 is 1.83 bits per heavy atom. The van der Waals surface area contributed by atoms with Crippen LogP contribution in [-0.2, 0) is 14.3 Å². The largest absolute Gasteiger partial charge is 0.478 e. The first-order valence-corrected chi connectivity index (χ1v) is 3.61. The molecule has 0 atom stereocenters. The van der Waals surface area contributed by atoms with Gasteiger partial charge in [0.05, 0.1) is 13.2 Å². The van der Waals surface area contributed by atoms with Gasteiger partial charge in [0, 0.05) is 6.08 Å². The summed E-state index contributed by atoms with van der Waals surface area (Å²) in [6.07, 6.45) is 0.833. The van der Waals surface area contributed by atoms with Crippen LogP contribution in [0.2, 0.25) is 0 Å². The van der Waals surface area contributed by atoms with Crippen molar-refractivity contribution in [3.8, 4) is 0 Å². The molecule has 12 heavy (non-hydrogen) atoms. The van der Waals surface area contributed by atoms with Crippen molar-refractivity contribution in [1.82, 2.24) is 0 Å². The molecule has 0 spiro atoms. The van der Waals surface area contributed by atoms with E-state index in [4.69, 9.17) is 14.6 Å². The number of carboxylic acids is 1. The summed E-state index contributed by atoms with van der Waals surface area (Å²) in [5, 5.41) is 7.60. The van der Waals surface area contributed by atoms with Crippen molar-refractivity contribution in [3.05, 3.63) is 12.7 Å². The van der Waals surface area contributed by atoms with Crippen molar-refractivity contribution in [2.45, 2.75) is 19.6 Å². The van der Waals surface area contributed by atoms with Crippen LogP contribution in [0.25, 0.3) is 0 Å². The van der Waals surface area contributed by atoms with E-state index in [1.165, 1.54) is 0 Å². The number of hydrogen-bond donors (Lipinski definition) is 1. The summed E-state index contributed by atoms with van der Waals surface area (Å²) in [7, 11) is 0. The van der Waals surface area contributed by atoms with Crippen molar-refractivity contribution in [2.75, 3.05) is 13.2 Å². The lowest BCUT2D eigenvalue weighted by atomic mass is 10.4. The zero-order chi connectivity index (χ0) is 9.61. The third-order valence-corrected chi connectivity index (χ3v) is 1.16. The molecule has 70 valence electrons. The second-order valence-electron chi connectivity index (χ2n) is 2.64. The molecule has 1 N–H and O–H groups in total. The molecular formula is C8H14O4. The Morgan fingerprint density at radius 1 is 1.50 bits per heavy atom. The molecule has 0 aromatic rings. The first-order chi connectivity index (χ1) is 5.48. The van der Waals surface area contributed by atoms with Gasteiger partial charge in [-0.1, -0.05) is 6.58 Å². The predicted octanol–water partition coefficient (Wildman–Crippen LogP) is 1.03. The summed E-state index contributed by atoms with van der Waals surface area (Å²) in [6.45, 7) is 8.28. The summed E-state index contributed by atoms with van der Waals surface area (Å²) in [5.41, 5.74) is 0. The van der Waals surface area contributed by atoms with Crippen molar-refractivity contribution >= 4 is 5.97 Å². The summed E-state index contributed by atoms with van der Waals surface area (Å²) < 4.78 is 10.2. The Labute approximate surface area is 71.8 Å². The third kappa shape index (κ3) is 5.88. The van der Waals surface area contributed by atoms with Crippen molar-refractivity contribution in [1.29, 1.82) is 0 Å². The average Bonchev–Trinajstić information content (AvgIpc) is 2.35. The molecular weight excluding hydrogens is 160 g/mol. The minimum Gasteiger partial charge on any atom is -0.478 e. The zero-order valence-electron chi connectivity index (χ0n) is 7.37. The van der Waals surface area contributed by atoms with Gasteiger partial charge >= 0.3 is 5.97 Å². The second kappa shape index (κ2) is 4.90. The lowest BCUT2D eigenvalue weighted by molar-refractivity contribution is -0.131. The predicted molar refractivity (Wildman–Crippen MR) is 43.8 cm³/mol. The number of carboxylic acid groups (broad SMARTS) is 1. The van der Waals surface area contributed by atoms with Gasteiger partial charge in [-0.05, 0) is 13.8 Å². The first-order valence-electron chi connectivity index (χ1n) is 3.61. The Hall–Kier alpha value is -0.870. The molecule has 4 nitrogen and oxygen atoms in total. The van der Waals surface area contributed by atoms with Gasteiger partial charge in [0.2, 0.25) is 0 Å². The van der Waals surface area contributed by atoms with Gasteiger partial charge in [-0.3, -0.25) is 0 Å². The van der Waals surface area contributed by atoms with Crippen molar-refractivity contribution in [3.63, 3.8) is 0 Å². The highest BCUT2D eigenvalue weighted by atomic mass is 16.7. The number of rotatable bonds is 1. The molecule has 1 saturated heterocycles. The summed E-state index contributed by atoms with van der Waals surface area (Å²) in [4.78, 5) is 9.25. The van der Waals surface area contributed by atoms with E-state index in [9.17, 15) is 4.79 Å². The van der Waals surface area contributed by atoms with Crippen LogP contribution in [0, 0.1) is 0 Å². The van der Waals surface area contributed by atoms with Crippen LogP contribution < -0.4 is 0 Å². The fraction of sp³-hybridized carbons (Fsp3) is 0.625. The molecule has 0 aromatic carbocycles. The molecule has 0 saturated carbocycles. The van der Waals surface area contributed by atoms with E-state index < -0.39 is 5.97 Å². The fourth-order valence-corrected chi connectivity index (χ4v) is 0.617. The quantitative estimate of drug-likeness (QED) is 0.603. The van der Waals surface area contributed by atoms with Crippen LogP contribution in [-0.4, -0.2) is 30.1 Å². The standard InChI is InChI=1S/C5H10O2.C3H4O2/c1-5(2)6-3-4-7-5;1-2-3(4)5/h3-4H2,1-2H3;2H,1H2,(H,4,5). The van der Waals surface area contributed by atoms with Gasteiger partial charge in [-0.25, -0.2) is 4.79 Å². The van der Waals surface area contributed by atoms with E-state index in [0.717, 1.165) is 19.3 Å². The maximum absolute atomic E-state index is 9.25. The Kier molecular flexibility index (Phi) is 4.54. The van der Waals surface area contributed by atoms with Gasteiger partial charge in [0.1, 0.15) is 0 Å². The Morgan fingerprint density at radius 3 is 1.92 bits per heavy atom. The molecule has 1 rings (SSSR count). The van der Waals surface area contributed by atoms with Crippen molar-refractivity contribution in [2.24, 2.45) is 0 Å². The lowest BCUT2D eigenvalue weighted by Gasteiger charge is -2.13. The van der Waals surface area contributed by atoms with Crippen LogP contribution in [0.4, 0.5) is 0 Å². The number of aliphatic carboxylic acids is 1. The molecule has 0 bridgehead atoms. The maximum atomic E-state index is 9.25. The SMILES string of the molecule is C=CC(=O)O.CC1(C)OCCO1. The van der Waals surface area contributed by atoms with E-state index in [1.807, 2.05) is 13.8 Å². The first kappa shape index (κ1) is 11.1. The number of carbonyl (C=O) groups is 1. The molecule has 1 fully saturated rings. The highest BCUT2D eigenvalue weighted by Crippen LogP contribution is 2.15. The lowest BCUT2D eigenvalue weighted by Crippen LogP contribution is -2.18. The van der Waals surface area contributed by atoms with E-state index in [2.05, 4.69) is 6.58 Å². The Bertz CT molecular complexity index is 154. The topological polar surface area (TPSA) is 55.8 Å². The monoisotopic (exact) mass is 174 g/mol. The van der Waals surface area contributed by atoms with Gasteiger partial charge in [0.25, 0.3) is 0 Å². The van der Waals surface area contributed by atoms with Gasteiger partial charge in [-0.2, -0.15) is 0 Å². The summed E-state index contributed by atoms with van der Waals surface area (Å²) in [6, 6.07) is 0. The molecule has 4 heteroatoms. The summed E-state index contributed by atoms with van der Waals surface area (Å²) >= 11 is 0. The molecule has 0 aromatic heterocycles. The van der Waals surface area contributed by atoms with Gasteiger partial charge < -0.3 is 14.6 Å². The molecule has 1 heterocycles. The fourth-order valence-electron chi connectivity index (χ4n) is 0.617. The van der Waals surface area contributed by atoms with E-state index in [0.29, 0.717) is 0 Å². The smallest absolute Gasteiger partial charge is 0.327 e. The minimum atomic E-state index is -0.981. The minimum absolute atomic E-state index is 0.306. The molecule has 0 aliphatic carbocycles. The van der Waals surface area contributed by atoms with Gasteiger partial charge in [-0.15, -0.1) is 0 Å². The second-order valence-corrected chi connectivity index (χ2v) is 2.64. The van der Waals surface area contributed by atoms with Crippen LogP contribution in [0.1, 0.15) is 13.8 Å². The number of ether oxygens (including phenoxy) is 2. The van der Waals surface area contributed by atoms with Crippen molar-refractivity contribution < 1.29 is 19.4 Å². The maximum Gasteiger partial charge on any atom is 0.327 e. The Balaban J connectivity index is 0.000000217. The molecule has 0 amide bonds. The average molecular weight is 174 g/mol. The van der Waals surface area contributed by atoms with Crippen LogP contribution in [0.5, 0.6) is 0 Å². The highest BCUT2D eigenvalue weighted by Gasteiger charge is 2.23. The van der Waals surface area contributed by atoms with E-state index in [-0.39, 0.29) is 5.79 Å². The number of hydrogen-bond acceptors (Lipinski definition) is 3.